The lowest BCUT2D eigenvalue weighted by atomic mass is 9.64. The lowest BCUT2D eigenvalue weighted by molar-refractivity contribution is 0.128. The zero-order valence-electron chi connectivity index (χ0n) is 11.1. The molecule has 0 saturated heterocycles. The van der Waals surface area contributed by atoms with Gasteiger partial charge in [-0.3, -0.25) is 0 Å². The summed E-state index contributed by atoms with van der Waals surface area (Å²) in [5, 5.41) is 12.8. The molecule has 0 aromatic rings. The molecular formula is C13H24N2O. The maximum atomic E-state index is 9.23. The summed E-state index contributed by atoms with van der Waals surface area (Å²) in [5.41, 5.74) is 1.45. The molecule has 16 heavy (non-hydrogen) atoms. The van der Waals surface area contributed by atoms with E-state index in [1.54, 1.807) is 0 Å². The third-order valence-corrected chi connectivity index (χ3v) is 5.16. The van der Waals surface area contributed by atoms with Gasteiger partial charge in [0.2, 0.25) is 0 Å². The van der Waals surface area contributed by atoms with Crippen molar-refractivity contribution in [2.45, 2.75) is 27.2 Å². The van der Waals surface area contributed by atoms with Crippen LogP contribution in [0.25, 0.3) is 0 Å². The van der Waals surface area contributed by atoms with Crippen LogP contribution >= 0.6 is 0 Å². The highest BCUT2D eigenvalue weighted by atomic mass is 16.4. The van der Waals surface area contributed by atoms with E-state index in [1.165, 1.54) is 6.42 Å². The fourth-order valence-electron chi connectivity index (χ4n) is 3.94. The Bertz CT molecular complexity index is 309. The van der Waals surface area contributed by atoms with Crippen LogP contribution in [-0.4, -0.2) is 36.5 Å². The Labute approximate surface area is 98.5 Å². The SMILES string of the molecule is C[C@@H]1[C@H]2C[C@@H]([C@@H](CN(C)C)/C2=N\O)C1(C)C. The van der Waals surface area contributed by atoms with Gasteiger partial charge in [0, 0.05) is 18.4 Å². The zero-order chi connectivity index (χ0) is 12.1. The lowest BCUT2D eigenvalue weighted by Gasteiger charge is -2.41. The lowest BCUT2D eigenvalue weighted by Crippen LogP contribution is -2.43. The van der Waals surface area contributed by atoms with Crippen molar-refractivity contribution in [3.63, 3.8) is 0 Å². The number of oxime groups is 1. The summed E-state index contributed by atoms with van der Waals surface area (Å²) in [4.78, 5) is 2.21. The number of rotatable bonds is 2. The van der Waals surface area contributed by atoms with Crippen molar-refractivity contribution in [2.24, 2.45) is 34.2 Å². The number of hydrogen-bond donors (Lipinski definition) is 1. The second-order valence-electron chi connectivity index (χ2n) is 6.45. The molecule has 0 amide bonds. The molecule has 3 heteroatoms. The zero-order valence-corrected chi connectivity index (χ0v) is 11.1. The molecule has 2 aliphatic rings. The predicted octanol–water partition coefficient (Wildman–Crippen LogP) is 2.31. The average molecular weight is 224 g/mol. The minimum atomic E-state index is 0.388. The van der Waals surface area contributed by atoms with Gasteiger partial charge in [-0.1, -0.05) is 25.9 Å². The highest BCUT2D eigenvalue weighted by Gasteiger charge is 2.58. The minimum Gasteiger partial charge on any atom is -0.411 e. The third-order valence-electron chi connectivity index (χ3n) is 5.16. The Kier molecular flexibility index (Phi) is 2.77. The molecule has 2 fully saturated rings. The van der Waals surface area contributed by atoms with E-state index in [9.17, 15) is 5.21 Å². The first kappa shape index (κ1) is 11.9. The van der Waals surface area contributed by atoms with Crippen LogP contribution in [-0.2, 0) is 0 Å². The van der Waals surface area contributed by atoms with Crippen molar-refractivity contribution < 1.29 is 5.21 Å². The molecule has 4 atom stereocenters. The summed E-state index contributed by atoms with van der Waals surface area (Å²) < 4.78 is 0. The summed E-state index contributed by atoms with van der Waals surface area (Å²) >= 11 is 0. The Morgan fingerprint density at radius 1 is 1.44 bits per heavy atom. The molecular weight excluding hydrogens is 200 g/mol. The molecule has 0 radical (unpaired) electrons. The van der Waals surface area contributed by atoms with Gasteiger partial charge in [-0.25, -0.2) is 0 Å². The van der Waals surface area contributed by atoms with Crippen LogP contribution in [0.15, 0.2) is 5.16 Å². The molecule has 0 aliphatic heterocycles. The molecule has 92 valence electrons. The molecule has 2 rings (SSSR count). The standard InChI is InChI=1S/C13H24N2O/c1-8-9-6-11(13(8,2)3)10(7-15(4)5)12(9)14-16/h8-11,16H,6-7H2,1-5H3/b14-12-/t8-,9-,10-,11+/m1/s1. The van der Waals surface area contributed by atoms with Gasteiger partial charge in [-0.2, -0.15) is 0 Å². The Morgan fingerprint density at radius 3 is 2.56 bits per heavy atom. The Balaban J connectivity index is 2.27. The van der Waals surface area contributed by atoms with Crippen molar-refractivity contribution in [2.75, 3.05) is 20.6 Å². The summed E-state index contributed by atoms with van der Waals surface area (Å²) in [6.07, 6.45) is 1.21. The van der Waals surface area contributed by atoms with Gasteiger partial charge >= 0.3 is 0 Å². The summed E-state index contributed by atoms with van der Waals surface area (Å²) in [5.74, 6) is 2.29. The monoisotopic (exact) mass is 224 g/mol. The quantitative estimate of drug-likeness (QED) is 0.577. The van der Waals surface area contributed by atoms with E-state index >= 15 is 0 Å². The highest BCUT2D eigenvalue weighted by molar-refractivity contribution is 5.92. The van der Waals surface area contributed by atoms with Crippen molar-refractivity contribution in [1.82, 2.24) is 4.90 Å². The van der Waals surface area contributed by atoms with Gasteiger partial charge in [-0.05, 0) is 37.8 Å². The molecule has 0 spiro atoms. The molecule has 0 unspecified atom stereocenters. The summed E-state index contributed by atoms with van der Waals surface area (Å²) in [6.45, 7) is 8.07. The van der Waals surface area contributed by atoms with Gasteiger partial charge in [0.15, 0.2) is 0 Å². The molecule has 2 saturated carbocycles. The first-order chi connectivity index (χ1) is 7.39. The largest absolute Gasteiger partial charge is 0.411 e. The van der Waals surface area contributed by atoms with Crippen molar-refractivity contribution >= 4 is 5.71 Å². The predicted molar refractivity (Wildman–Crippen MR) is 65.8 cm³/mol. The van der Waals surface area contributed by atoms with Crippen molar-refractivity contribution in [1.29, 1.82) is 0 Å². The van der Waals surface area contributed by atoms with E-state index in [0.29, 0.717) is 29.1 Å². The van der Waals surface area contributed by atoms with E-state index < -0.39 is 0 Å². The van der Waals surface area contributed by atoms with Gasteiger partial charge < -0.3 is 10.1 Å². The van der Waals surface area contributed by atoms with Crippen LogP contribution in [0.4, 0.5) is 0 Å². The van der Waals surface area contributed by atoms with E-state index in [4.69, 9.17) is 0 Å². The smallest absolute Gasteiger partial charge is 0.0651 e. The first-order valence-corrected chi connectivity index (χ1v) is 6.26. The van der Waals surface area contributed by atoms with E-state index in [2.05, 4.69) is 44.9 Å². The summed E-state index contributed by atoms with van der Waals surface area (Å²) in [6, 6.07) is 0. The first-order valence-electron chi connectivity index (χ1n) is 6.26. The molecule has 0 aromatic carbocycles. The van der Waals surface area contributed by atoms with Crippen LogP contribution in [0.5, 0.6) is 0 Å². The van der Waals surface area contributed by atoms with E-state index in [-0.39, 0.29) is 0 Å². The molecule has 2 bridgehead atoms. The number of hydrogen-bond acceptors (Lipinski definition) is 3. The number of nitrogens with zero attached hydrogens (tertiary/aromatic N) is 2. The fourth-order valence-corrected chi connectivity index (χ4v) is 3.94. The van der Waals surface area contributed by atoms with Gasteiger partial charge in [-0.15, -0.1) is 0 Å². The van der Waals surface area contributed by atoms with Crippen LogP contribution in [0.2, 0.25) is 0 Å². The van der Waals surface area contributed by atoms with Gasteiger partial charge in [0.05, 0.1) is 5.71 Å². The maximum Gasteiger partial charge on any atom is 0.0651 e. The highest BCUT2D eigenvalue weighted by Crippen LogP contribution is 2.60. The maximum absolute atomic E-state index is 9.23. The molecule has 1 N–H and O–H groups in total. The second-order valence-corrected chi connectivity index (χ2v) is 6.45. The van der Waals surface area contributed by atoms with E-state index in [1.807, 2.05) is 0 Å². The van der Waals surface area contributed by atoms with Gasteiger partial charge in [0.25, 0.3) is 0 Å². The van der Waals surface area contributed by atoms with E-state index in [0.717, 1.165) is 12.3 Å². The van der Waals surface area contributed by atoms with Crippen LogP contribution in [0.3, 0.4) is 0 Å². The Hall–Kier alpha value is -0.570. The molecule has 0 aromatic heterocycles. The normalized spacial score (nSPS) is 43.5. The molecule has 3 nitrogen and oxygen atoms in total. The average Bonchev–Trinajstić information content (AvgIpc) is 2.63. The van der Waals surface area contributed by atoms with Crippen LogP contribution in [0, 0.1) is 29.1 Å². The van der Waals surface area contributed by atoms with Crippen molar-refractivity contribution in [3.05, 3.63) is 0 Å². The topological polar surface area (TPSA) is 35.8 Å². The van der Waals surface area contributed by atoms with Crippen LogP contribution in [0.1, 0.15) is 27.2 Å². The third kappa shape index (κ3) is 1.48. The van der Waals surface area contributed by atoms with Crippen LogP contribution < -0.4 is 0 Å². The molecule has 2 aliphatic carbocycles. The fraction of sp³-hybridized carbons (Fsp3) is 0.923. The Morgan fingerprint density at radius 2 is 2.06 bits per heavy atom. The second kappa shape index (κ2) is 3.73. The summed E-state index contributed by atoms with van der Waals surface area (Å²) in [7, 11) is 4.19. The molecule has 0 heterocycles. The minimum absolute atomic E-state index is 0.388. The number of fused-ring (bicyclic) bond motifs is 2. The van der Waals surface area contributed by atoms with Gasteiger partial charge in [0.1, 0.15) is 0 Å². The van der Waals surface area contributed by atoms with Crippen molar-refractivity contribution in [3.8, 4) is 0 Å².